The lowest BCUT2D eigenvalue weighted by Crippen LogP contribution is -1.98. The van der Waals surface area contributed by atoms with Crippen molar-refractivity contribution in [1.29, 1.82) is 0 Å². The first-order chi connectivity index (χ1) is 5.74. The molecule has 1 aromatic heterocycles. The van der Waals surface area contributed by atoms with Gasteiger partial charge in [-0.15, -0.1) is 0 Å². The van der Waals surface area contributed by atoms with Gasteiger partial charge in [0, 0.05) is 5.69 Å². The van der Waals surface area contributed by atoms with E-state index in [4.69, 9.17) is 4.74 Å². The normalized spacial score (nSPS) is 9.92. The van der Waals surface area contributed by atoms with Crippen molar-refractivity contribution in [2.75, 3.05) is 6.61 Å². The van der Waals surface area contributed by atoms with Crippen LogP contribution in [-0.4, -0.2) is 11.6 Å². The lowest BCUT2D eigenvalue weighted by molar-refractivity contribution is 0.313. The smallest absolute Gasteiger partial charge is 0.140 e. The molecule has 1 aromatic rings. The standard InChI is InChI=1S/C10H15NO/c1-4-7-12-10-6-5-8(2)11-9(10)3/h5-6H,4,7H2,1-3H3. The number of hydrogen-bond acceptors (Lipinski definition) is 2. The SMILES string of the molecule is CCCOc1ccc(C)nc1C. The van der Waals surface area contributed by atoms with Gasteiger partial charge in [0.25, 0.3) is 0 Å². The van der Waals surface area contributed by atoms with Crippen molar-refractivity contribution in [3.8, 4) is 5.75 Å². The maximum absolute atomic E-state index is 5.48. The lowest BCUT2D eigenvalue weighted by atomic mass is 10.3. The Morgan fingerprint density at radius 1 is 1.33 bits per heavy atom. The fourth-order valence-electron chi connectivity index (χ4n) is 1.04. The Morgan fingerprint density at radius 3 is 2.67 bits per heavy atom. The molecule has 0 amide bonds. The minimum Gasteiger partial charge on any atom is -0.492 e. The number of aromatic nitrogens is 1. The summed E-state index contributed by atoms with van der Waals surface area (Å²) in [5, 5.41) is 0. The summed E-state index contributed by atoms with van der Waals surface area (Å²) in [5.41, 5.74) is 2.01. The number of hydrogen-bond donors (Lipinski definition) is 0. The zero-order valence-electron chi connectivity index (χ0n) is 7.92. The third-order valence-corrected chi connectivity index (χ3v) is 1.64. The quantitative estimate of drug-likeness (QED) is 0.686. The Hall–Kier alpha value is -1.05. The van der Waals surface area contributed by atoms with Gasteiger partial charge in [-0.1, -0.05) is 6.92 Å². The van der Waals surface area contributed by atoms with E-state index in [0.717, 1.165) is 30.2 Å². The molecule has 0 aliphatic rings. The molecule has 12 heavy (non-hydrogen) atoms. The zero-order valence-corrected chi connectivity index (χ0v) is 7.92. The van der Waals surface area contributed by atoms with Gasteiger partial charge < -0.3 is 4.74 Å². The molecule has 66 valence electrons. The molecule has 0 bridgehead atoms. The molecule has 0 aliphatic heterocycles. The summed E-state index contributed by atoms with van der Waals surface area (Å²) in [6.07, 6.45) is 1.04. The molecule has 0 fully saturated rings. The van der Waals surface area contributed by atoms with E-state index < -0.39 is 0 Å². The molecule has 0 saturated carbocycles. The first-order valence-electron chi connectivity index (χ1n) is 4.31. The predicted molar refractivity (Wildman–Crippen MR) is 49.5 cm³/mol. The van der Waals surface area contributed by atoms with Crippen LogP contribution in [0, 0.1) is 13.8 Å². The number of ether oxygens (including phenoxy) is 1. The van der Waals surface area contributed by atoms with Crippen LogP contribution in [0.2, 0.25) is 0 Å². The van der Waals surface area contributed by atoms with E-state index in [1.807, 2.05) is 26.0 Å². The third kappa shape index (κ3) is 2.22. The number of nitrogens with zero attached hydrogens (tertiary/aromatic N) is 1. The first kappa shape index (κ1) is 9.04. The second kappa shape index (κ2) is 4.10. The molecule has 0 atom stereocenters. The second-order valence-corrected chi connectivity index (χ2v) is 2.88. The highest BCUT2D eigenvalue weighted by Crippen LogP contribution is 2.15. The molecular weight excluding hydrogens is 150 g/mol. The van der Waals surface area contributed by atoms with Gasteiger partial charge in [-0.2, -0.15) is 0 Å². The number of pyridine rings is 1. The van der Waals surface area contributed by atoms with E-state index in [1.54, 1.807) is 0 Å². The molecule has 2 nitrogen and oxygen atoms in total. The topological polar surface area (TPSA) is 22.1 Å². The molecule has 2 heteroatoms. The van der Waals surface area contributed by atoms with Crippen LogP contribution in [-0.2, 0) is 0 Å². The molecule has 0 N–H and O–H groups in total. The number of rotatable bonds is 3. The fourth-order valence-corrected chi connectivity index (χ4v) is 1.04. The fraction of sp³-hybridized carbons (Fsp3) is 0.500. The van der Waals surface area contributed by atoms with Crippen LogP contribution in [0.25, 0.3) is 0 Å². The molecule has 0 saturated heterocycles. The van der Waals surface area contributed by atoms with Gasteiger partial charge in [0.15, 0.2) is 0 Å². The van der Waals surface area contributed by atoms with Crippen molar-refractivity contribution in [3.05, 3.63) is 23.5 Å². The Morgan fingerprint density at radius 2 is 2.08 bits per heavy atom. The highest BCUT2D eigenvalue weighted by atomic mass is 16.5. The Bertz CT molecular complexity index is 258. The minimum atomic E-state index is 0.769. The van der Waals surface area contributed by atoms with Crippen molar-refractivity contribution < 1.29 is 4.74 Å². The van der Waals surface area contributed by atoms with E-state index in [1.165, 1.54) is 0 Å². The predicted octanol–water partition coefficient (Wildman–Crippen LogP) is 2.49. The summed E-state index contributed by atoms with van der Waals surface area (Å²) in [4.78, 5) is 4.30. The van der Waals surface area contributed by atoms with Gasteiger partial charge in [0.1, 0.15) is 5.75 Å². The Balaban J connectivity index is 2.72. The zero-order chi connectivity index (χ0) is 8.97. The Kier molecular flexibility index (Phi) is 3.09. The maximum atomic E-state index is 5.48. The van der Waals surface area contributed by atoms with Crippen LogP contribution in [0.5, 0.6) is 5.75 Å². The molecule has 1 rings (SSSR count). The van der Waals surface area contributed by atoms with Crippen LogP contribution < -0.4 is 4.74 Å². The van der Waals surface area contributed by atoms with Gasteiger partial charge in [-0.3, -0.25) is 4.98 Å². The van der Waals surface area contributed by atoms with Crippen molar-refractivity contribution in [1.82, 2.24) is 4.98 Å². The van der Waals surface area contributed by atoms with Gasteiger partial charge in [-0.05, 0) is 32.4 Å². The second-order valence-electron chi connectivity index (χ2n) is 2.88. The average Bonchev–Trinajstić information content (AvgIpc) is 2.03. The maximum Gasteiger partial charge on any atom is 0.140 e. The molecule has 0 spiro atoms. The largest absolute Gasteiger partial charge is 0.492 e. The Labute approximate surface area is 73.6 Å². The van der Waals surface area contributed by atoms with Crippen LogP contribution in [0.1, 0.15) is 24.7 Å². The highest BCUT2D eigenvalue weighted by Gasteiger charge is 1.98. The monoisotopic (exact) mass is 165 g/mol. The van der Waals surface area contributed by atoms with Gasteiger partial charge in [0.2, 0.25) is 0 Å². The molecule has 0 aliphatic carbocycles. The summed E-state index contributed by atoms with van der Waals surface area (Å²) in [7, 11) is 0. The highest BCUT2D eigenvalue weighted by molar-refractivity contribution is 5.27. The summed E-state index contributed by atoms with van der Waals surface area (Å²) in [5.74, 6) is 0.905. The van der Waals surface area contributed by atoms with Gasteiger partial charge >= 0.3 is 0 Å². The van der Waals surface area contributed by atoms with E-state index in [0.29, 0.717) is 0 Å². The molecule has 0 aromatic carbocycles. The van der Waals surface area contributed by atoms with Crippen LogP contribution in [0.15, 0.2) is 12.1 Å². The van der Waals surface area contributed by atoms with E-state index in [2.05, 4.69) is 11.9 Å². The van der Waals surface area contributed by atoms with Crippen molar-refractivity contribution in [3.63, 3.8) is 0 Å². The van der Waals surface area contributed by atoms with Gasteiger partial charge in [0.05, 0.1) is 12.3 Å². The summed E-state index contributed by atoms with van der Waals surface area (Å²) in [6, 6.07) is 3.95. The van der Waals surface area contributed by atoms with E-state index >= 15 is 0 Å². The summed E-state index contributed by atoms with van der Waals surface area (Å²) >= 11 is 0. The molecule has 1 heterocycles. The molecular formula is C10H15NO. The average molecular weight is 165 g/mol. The third-order valence-electron chi connectivity index (χ3n) is 1.64. The van der Waals surface area contributed by atoms with Crippen LogP contribution in [0.4, 0.5) is 0 Å². The van der Waals surface area contributed by atoms with Crippen molar-refractivity contribution in [2.24, 2.45) is 0 Å². The van der Waals surface area contributed by atoms with E-state index in [-0.39, 0.29) is 0 Å². The van der Waals surface area contributed by atoms with Crippen molar-refractivity contribution in [2.45, 2.75) is 27.2 Å². The first-order valence-corrected chi connectivity index (χ1v) is 4.31. The summed E-state index contributed by atoms with van der Waals surface area (Å²) < 4.78 is 5.48. The minimum absolute atomic E-state index is 0.769. The van der Waals surface area contributed by atoms with Crippen LogP contribution >= 0.6 is 0 Å². The molecule has 0 unspecified atom stereocenters. The van der Waals surface area contributed by atoms with Crippen LogP contribution in [0.3, 0.4) is 0 Å². The van der Waals surface area contributed by atoms with Gasteiger partial charge in [-0.25, -0.2) is 0 Å². The molecule has 0 radical (unpaired) electrons. The summed E-state index contributed by atoms with van der Waals surface area (Å²) in [6.45, 7) is 6.82. The number of aryl methyl sites for hydroxylation is 2. The van der Waals surface area contributed by atoms with Crippen molar-refractivity contribution >= 4 is 0 Å². The lowest BCUT2D eigenvalue weighted by Gasteiger charge is -2.06. The van der Waals surface area contributed by atoms with E-state index in [9.17, 15) is 0 Å².